The van der Waals surface area contributed by atoms with Gasteiger partial charge in [0.15, 0.2) is 6.10 Å². The van der Waals surface area contributed by atoms with Crippen molar-refractivity contribution in [2.45, 2.75) is 33.8 Å². The molecule has 23 heavy (non-hydrogen) atoms. The van der Waals surface area contributed by atoms with Crippen LogP contribution in [-0.2, 0) is 9.53 Å². The van der Waals surface area contributed by atoms with Crippen LogP contribution in [0.4, 0.5) is 5.69 Å². The first kappa shape index (κ1) is 17.3. The van der Waals surface area contributed by atoms with E-state index in [2.05, 4.69) is 21.2 Å². The van der Waals surface area contributed by atoms with E-state index in [4.69, 9.17) is 9.15 Å². The number of furan rings is 1. The summed E-state index contributed by atoms with van der Waals surface area (Å²) in [5.41, 5.74) is 1.73. The Morgan fingerprint density at radius 1 is 1.22 bits per heavy atom. The Hall–Kier alpha value is -2.08. The molecule has 0 radical (unpaired) electrons. The Morgan fingerprint density at radius 2 is 1.91 bits per heavy atom. The Balaban J connectivity index is 2.04. The van der Waals surface area contributed by atoms with Crippen molar-refractivity contribution in [1.82, 2.24) is 0 Å². The molecular weight excluding hydrogens is 362 g/mol. The highest BCUT2D eigenvalue weighted by Crippen LogP contribution is 2.22. The van der Waals surface area contributed by atoms with Gasteiger partial charge in [-0.05, 0) is 45.9 Å². The Labute approximate surface area is 143 Å². The molecule has 1 aromatic carbocycles. The second-order valence-electron chi connectivity index (χ2n) is 5.26. The maximum Gasteiger partial charge on any atom is 0.342 e. The Bertz CT molecular complexity index is 751. The van der Waals surface area contributed by atoms with Crippen LogP contribution in [0.5, 0.6) is 0 Å². The van der Waals surface area contributed by atoms with Crippen LogP contribution in [0.25, 0.3) is 0 Å². The van der Waals surface area contributed by atoms with E-state index in [0.717, 1.165) is 10.0 Å². The minimum absolute atomic E-state index is 0.379. The molecule has 0 aliphatic rings. The van der Waals surface area contributed by atoms with E-state index in [1.165, 1.54) is 6.92 Å². The van der Waals surface area contributed by atoms with Crippen LogP contribution >= 0.6 is 15.9 Å². The van der Waals surface area contributed by atoms with Crippen LogP contribution in [0.2, 0.25) is 0 Å². The van der Waals surface area contributed by atoms with Gasteiger partial charge in [-0.1, -0.05) is 22.0 Å². The summed E-state index contributed by atoms with van der Waals surface area (Å²) in [7, 11) is 0. The van der Waals surface area contributed by atoms with Crippen LogP contribution in [-0.4, -0.2) is 18.0 Å². The molecule has 1 amide bonds. The maximum absolute atomic E-state index is 12.3. The molecule has 0 aliphatic carbocycles. The number of anilines is 1. The quantitative estimate of drug-likeness (QED) is 0.810. The van der Waals surface area contributed by atoms with Crippen molar-refractivity contribution in [2.24, 2.45) is 0 Å². The molecule has 6 heteroatoms. The minimum atomic E-state index is -0.921. The zero-order valence-corrected chi connectivity index (χ0v) is 15.0. The molecule has 0 bridgehead atoms. The molecule has 1 heterocycles. The second kappa shape index (κ2) is 7.00. The van der Waals surface area contributed by atoms with Gasteiger partial charge in [0.25, 0.3) is 5.91 Å². The van der Waals surface area contributed by atoms with Crippen molar-refractivity contribution in [3.63, 3.8) is 0 Å². The van der Waals surface area contributed by atoms with Gasteiger partial charge in [-0.25, -0.2) is 4.79 Å². The topological polar surface area (TPSA) is 68.5 Å². The number of hydrogen-bond acceptors (Lipinski definition) is 4. The fraction of sp³-hybridized carbons (Fsp3) is 0.294. The fourth-order valence-electron chi connectivity index (χ4n) is 2.18. The number of ether oxygens (including phenoxy) is 1. The second-order valence-corrected chi connectivity index (χ2v) is 6.18. The molecule has 0 aliphatic heterocycles. The van der Waals surface area contributed by atoms with Gasteiger partial charge in [-0.2, -0.15) is 0 Å². The van der Waals surface area contributed by atoms with Crippen LogP contribution in [0.1, 0.15) is 34.4 Å². The summed E-state index contributed by atoms with van der Waals surface area (Å²) in [5, 5.41) is 2.70. The third-order valence-electron chi connectivity index (χ3n) is 3.51. The third kappa shape index (κ3) is 4.01. The predicted molar refractivity (Wildman–Crippen MR) is 90.6 cm³/mol. The lowest BCUT2D eigenvalue weighted by Crippen LogP contribution is -2.30. The number of benzene rings is 1. The van der Waals surface area contributed by atoms with E-state index in [9.17, 15) is 9.59 Å². The summed E-state index contributed by atoms with van der Waals surface area (Å²) >= 11 is 3.33. The molecule has 2 rings (SSSR count). The highest BCUT2D eigenvalue weighted by atomic mass is 79.9. The molecule has 0 saturated heterocycles. The molecule has 122 valence electrons. The predicted octanol–water partition coefficient (Wildman–Crippen LogP) is 4.15. The number of nitrogens with one attached hydrogen (secondary N) is 1. The van der Waals surface area contributed by atoms with Crippen molar-refractivity contribution in [3.05, 3.63) is 51.4 Å². The number of esters is 1. The average molecular weight is 380 g/mol. The number of aryl methyl sites for hydroxylation is 2. The van der Waals surface area contributed by atoms with Gasteiger partial charge in [0.1, 0.15) is 17.1 Å². The molecule has 1 atom stereocenters. The van der Waals surface area contributed by atoms with E-state index in [1.54, 1.807) is 39.0 Å². The zero-order valence-electron chi connectivity index (χ0n) is 13.4. The molecule has 5 nitrogen and oxygen atoms in total. The molecule has 0 spiro atoms. The number of carbonyl (C=O) groups excluding carboxylic acids is 2. The van der Waals surface area contributed by atoms with E-state index >= 15 is 0 Å². The van der Waals surface area contributed by atoms with Crippen molar-refractivity contribution in [3.8, 4) is 0 Å². The number of amides is 1. The fourth-order valence-corrected chi connectivity index (χ4v) is 2.58. The molecule has 1 N–H and O–H groups in total. The van der Waals surface area contributed by atoms with Crippen molar-refractivity contribution in [2.75, 3.05) is 5.32 Å². The van der Waals surface area contributed by atoms with Gasteiger partial charge in [0.2, 0.25) is 0 Å². The number of rotatable bonds is 4. The van der Waals surface area contributed by atoms with E-state index in [0.29, 0.717) is 22.8 Å². The number of carbonyl (C=O) groups is 2. The van der Waals surface area contributed by atoms with Gasteiger partial charge in [0, 0.05) is 15.7 Å². The number of halogens is 1. The molecular formula is C17H18BrNO4. The van der Waals surface area contributed by atoms with Crippen molar-refractivity contribution >= 4 is 33.5 Å². The summed E-state index contributed by atoms with van der Waals surface area (Å²) in [4.78, 5) is 24.4. The van der Waals surface area contributed by atoms with Crippen LogP contribution < -0.4 is 5.32 Å². The van der Waals surface area contributed by atoms with Crippen LogP contribution in [0, 0.1) is 20.8 Å². The highest BCUT2D eigenvalue weighted by molar-refractivity contribution is 9.10. The Morgan fingerprint density at radius 3 is 2.48 bits per heavy atom. The Kier molecular flexibility index (Phi) is 5.26. The highest BCUT2D eigenvalue weighted by Gasteiger charge is 2.24. The summed E-state index contributed by atoms with van der Waals surface area (Å²) in [6.07, 6.45) is -0.921. The third-order valence-corrected chi connectivity index (χ3v) is 4.00. The lowest BCUT2D eigenvalue weighted by atomic mass is 10.1. The molecule has 0 saturated carbocycles. The van der Waals surface area contributed by atoms with Crippen molar-refractivity contribution < 1.29 is 18.7 Å². The lowest BCUT2D eigenvalue weighted by Gasteiger charge is -2.13. The van der Waals surface area contributed by atoms with Crippen LogP contribution in [0.3, 0.4) is 0 Å². The first-order valence-corrected chi connectivity index (χ1v) is 7.93. The van der Waals surface area contributed by atoms with Gasteiger partial charge >= 0.3 is 5.97 Å². The maximum atomic E-state index is 12.3. The normalized spacial score (nSPS) is 11.9. The smallest absolute Gasteiger partial charge is 0.342 e. The zero-order chi connectivity index (χ0) is 17.1. The first-order valence-electron chi connectivity index (χ1n) is 7.13. The van der Waals surface area contributed by atoms with E-state index < -0.39 is 18.0 Å². The van der Waals surface area contributed by atoms with Gasteiger partial charge in [-0.3, -0.25) is 4.79 Å². The monoisotopic (exact) mass is 379 g/mol. The van der Waals surface area contributed by atoms with Gasteiger partial charge in [0.05, 0.1) is 0 Å². The van der Waals surface area contributed by atoms with Crippen LogP contribution in [0.15, 0.2) is 33.2 Å². The minimum Gasteiger partial charge on any atom is -0.465 e. The van der Waals surface area contributed by atoms with E-state index in [-0.39, 0.29) is 0 Å². The largest absolute Gasteiger partial charge is 0.465 e. The SMILES string of the molecule is Cc1oc(C)c(C(=O)O[C@H](C)C(=O)Nc2cccc(Br)c2)c1C. The average Bonchev–Trinajstić information content (AvgIpc) is 2.71. The molecule has 2 aromatic rings. The standard InChI is InChI=1S/C17H18BrNO4/c1-9-10(2)22-11(3)15(9)17(21)23-12(4)16(20)19-14-7-5-6-13(18)8-14/h5-8,12H,1-4H3,(H,19,20)/t12-/m1/s1. The summed E-state index contributed by atoms with van der Waals surface area (Å²) in [6.45, 7) is 6.79. The first-order chi connectivity index (χ1) is 10.8. The summed E-state index contributed by atoms with van der Waals surface area (Å²) in [6, 6.07) is 7.17. The van der Waals surface area contributed by atoms with Gasteiger partial charge < -0.3 is 14.5 Å². The molecule has 0 fully saturated rings. The lowest BCUT2D eigenvalue weighted by molar-refractivity contribution is -0.123. The van der Waals surface area contributed by atoms with Gasteiger partial charge in [-0.15, -0.1) is 0 Å². The molecule has 1 aromatic heterocycles. The summed E-state index contributed by atoms with van der Waals surface area (Å²) < 4.78 is 11.5. The molecule has 0 unspecified atom stereocenters. The van der Waals surface area contributed by atoms with E-state index in [1.807, 2.05) is 6.07 Å². The van der Waals surface area contributed by atoms with Crippen molar-refractivity contribution in [1.29, 1.82) is 0 Å². The number of hydrogen-bond donors (Lipinski definition) is 1. The summed E-state index contributed by atoms with van der Waals surface area (Å²) in [5.74, 6) is 0.200.